The zero-order valence-corrected chi connectivity index (χ0v) is 11.0. The summed E-state index contributed by atoms with van der Waals surface area (Å²) in [4.78, 5) is 1.44. The lowest BCUT2D eigenvalue weighted by atomic mass is 10.1. The molecule has 0 bridgehead atoms. The molecule has 1 aliphatic rings. The molecular weight excluding hydrogens is 230 g/mol. The maximum Gasteiger partial charge on any atom is 0.0825 e. The van der Waals surface area contributed by atoms with E-state index in [9.17, 15) is 0 Å². The summed E-state index contributed by atoms with van der Waals surface area (Å²) in [6.45, 7) is 4.12. The molecule has 2 aromatic rings. The van der Waals surface area contributed by atoms with Crippen LogP contribution in [0.2, 0.25) is 0 Å². The quantitative estimate of drug-likeness (QED) is 0.865. The number of hydrogen-bond acceptors (Lipinski definition) is 3. The van der Waals surface area contributed by atoms with Gasteiger partial charge in [0.05, 0.1) is 23.1 Å². The van der Waals surface area contributed by atoms with E-state index in [1.807, 2.05) is 18.3 Å². The molecule has 0 saturated heterocycles. The van der Waals surface area contributed by atoms with Crippen LogP contribution >= 0.6 is 11.3 Å². The summed E-state index contributed by atoms with van der Waals surface area (Å²) in [5, 5.41) is 13.1. The number of aromatic nitrogens is 2. The van der Waals surface area contributed by atoms with Crippen LogP contribution in [0.25, 0.3) is 0 Å². The van der Waals surface area contributed by atoms with Gasteiger partial charge in [0.15, 0.2) is 0 Å². The molecule has 1 unspecified atom stereocenters. The van der Waals surface area contributed by atoms with E-state index in [1.54, 1.807) is 0 Å². The number of nitrogens with zero attached hydrogens (tertiary/aromatic N) is 1. The van der Waals surface area contributed by atoms with Crippen LogP contribution in [0.3, 0.4) is 0 Å². The third-order valence-corrected chi connectivity index (χ3v) is 4.33. The standard InChI is InChI=1S/C13H17N3S/c1-8-12(9(2)16-15-8)14-13(10-5-6-10)11-4-3-7-17-11/h3-4,7,10,13-14H,5-6H2,1-2H3,(H,15,16). The third kappa shape index (κ3) is 2.09. The molecule has 1 saturated carbocycles. The average molecular weight is 247 g/mol. The fourth-order valence-corrected chi connectivity index (χ4v) is 3.11. The van der Waals surface area contributed by atoms with E-state index in [0.717, 1.165) is 17.3 Å². The zero-order chi connectivity index (χ0) is 11.8. The van der Waals surface area contributed by atoms with Crippen LogP contribution in [-0.4, -0.2) is 10.2 Å². The van der Waals surface area contributed by atoms with Crippen molar-refractivity contribution in [3.05, 3.63) is 33.8 Å². The third-order valence-electron chi connectivity index (χ3n) is 3.37. The molecule has 0 amide bonds. The lowest BCUT2D eigenvalue weighted by molar-refractivity contribution is 0.690. The van der Waals surface area contributed by atoms with Crippen LogP contribution in [0, 0.1) is 19.8 Å². The Morgan fingerprint density at radius 2 is 2.29 bits per heavy atom. The first-order valence-electron chi connectivity index (χ1n) is 6.07. The number of anilines is 1. The van der Waals surface area contributed by atoms with Gasteiger partial charge >= 0.3 is 0 Å². The minimum atomic E-state index is 0.463. The molecule has 4 heteroatoms. The van der Waals surface area contributed by atoms with Crippen molar-refractivity contribution in [2.45, 2.75) is 32.7 Å². The van der Waals surface area contributed by atoms with Crippen molar-refractivity contribution in [1.29, 1.82) is 0 Å². The molecule has 2 N–H and O–H groups in total. The number of aromatic amines is 1. The molecule has 2 heterocycles. The highest BCUT2D eigenvalue weighted by Crippen LogP contribution is 2.44. The van der Waals surface area contributed by atoms with E-state index in [-0.39, 0.29) is 0 Å². The minimum Gasteiger partial charge on any atom is -0.374 e. The van der Waals surface area contributed by atoms with E-state index in [4.69, 9.17) is 0 Å². The van der Waals surface area contributed by atoms with Crippen molar-refractivity contribution < 1.29 is 0 Å². The maximum absolute atomic E-state index is 4.25. The summed E-state index contributed by atoms with van der Waals surface area (Å²) >= 11 is 1.84. The Hall–Kier alpha value is -1.29. The van der Waals surface area contributed by atoms with Crippen LogP contribution < -0.4 is 5.32 Å². The average Bonchev–Trinajstić information content (AvgIpc) is 2.91. The smallest absolute Gasteiger partial charge is 0.0825 e. The van der Waals surface area contributed by atoms with Gasteiger partial charge in [0, 0.05) is 4.88 Å². The molecule has 1 atom stereocenters. The Bertz CT molecular complexity index is 477. The topological polar surface area (TPSA) is 40.7 Å². The van der Waals surface area contributed by atoms with Crippen molar-refractivity contribution in [2.24, 2.45) is 5.92 Å². The van der Waals surface area contributed by atoms with Gasteiger partial charge < -0.3 is 5.32 Å². The maximum atomic E-state index is 4.25. The molecule has 3 nitrogen and oxygen atoms in total. The molecule has 1 fully saturated rings. The molecule has 1 aliphatic carbocycles. The second-order valence-corrected chi connectivity index (χ2v) is 5.76. The molecule has 90 valence electrons. The van der Waals surface area contributed by atoms with Crippen LogP contribution in [0.5, 0.6) is 0 Å². The molecule has 0 aliphatic heterocycles. The Morgan fingerprint density at radius 1 is 1.47 bits per heavy atom. The number of H-pyrrole nitrogens is 1. The predicted molar refractivity (Wildman–Crippen MR) is 71.5 cm³/mol. The lowest BCUT2D eigenvalue weighted by Crippen LogP contribution is -2.12. The molecular formula is C13H17N3S. The first-order chi connectivity index (χ1) is 8.25. The number of aryl methyl sites for hydroxylation is 2. The minimum absolute atomic E-state index is 0.463. The van der Waals surface area contributed by atoms with Gasteiger partial charge in [0.1, 0.15) is 0 Å². The Balaban J connectivity index is 1.86. The Morgan fingerprint density at radius 3 is 2.82 bits per heavy atom. The summed E-state index contributed by atoms with van der Waals surface area (Å²) in [5.74, 6) is 0.794. The largest absolute Gasteiger partial charge is 0.374 e. The summed E-state index contributed by atoms with van der Waals surface area (Å²) < 4.78 is 0. The molecule has 2 aromatic heterocycles. The molecule has 17 heavy (non-hydrogen) atoms. The number of nitrogens with one attached hydrogen (secondary N) is 2. The van der Waals surface area contributed by atoms with Gasteiger partial charge in [-0.1, -0.05) is 6.07 Å². The summed E-state index contributed by atoms with van der Waals surface area (Å²) in [6, 6.07) is 4.82. The fourth-order valence-electron chi connectivity index (χ4n) is 2.24. The molecule has 0 aromatic carbocycles. The zero-order valence-electron chi connectivity index (χ0n) is 10.2. The van der Waals surface area contributed by atoms with Crippen molar-refractivity contribution in [3.8, 4) is 0 Å². The van der Waals surface area contributed by atoms with E-state index in [1.165, 1.54) is 23.4 Å². The summed E-state index contributed by atoms with van der Waals surface area (Å²) in [5.41, 5.74) is 3.37. The van der Waals surface area contributed by atoms with Gasteiger partial charge in [-0.05, 0) is 44.1 Å². The van der Waals surface area contributed by atoms with Gasteiger partial charge in [-0.3, -0.25) is 5.10 Å². The monoisotopic (exact) mass is 247 g/mol. The van der Waals surface area contributed by atoms with Gasteiger partial charge in [0.2, 0.25) is 0 Å². The van der Waals surface area contributed by atoms with Crippen LogP contribution in [0.4, 0.5) is 5.69 Å². The van der Waals surface area contributed by atoms with Gasteiger partial charge in [-0.2, -0.15) is 5.10 Å². The lowest BCUT2D eigenvalue weighted by Gasteiger charge is -2.18. The molecule has 0 radical (unpaired) electrons. The molecule has 0 spiro atoms. The highest BCUT2D eigenvalue weighted by atomic mass is 32.1. The highest BCUT2D eigenvalue weighted by Gasteiger charge is 2.33. The highest BCUT2D eigenvalue weighted by molar-refractivity contribution is 7.10. The Labute approximate surface area is 105 Å². The van der Waals surface area contributed by atoms with E-state index in [2.05, 4.69) is 40.0 Å². The van der Waals surface area contributed by atoms with Crippen LogP contribution in [-0.2, 0) is 0 Å². The van der Waals surface area contributed by atoms with E-state index in [0.29, 0.717) is 6.04 Å². The first kappa shape index (κ1) is 10.8. The normalized spacial score (nSPS) is 17.1. The van der Waals surface area contributed by atoms with Crippen molar-refractivity contribution >= 4 is 17.0 Å². The summed E-state index contributed by atoms with van der Waals surface area (Å²) in [7, 11) is 0. The van der Waals surface area contributed by atoms with E-state index < -0.39 is 0 Å². The molecule has 3 rings (SSSR count). The van der Waals surface area contributed by atoms with Crippen LogP contribution in [0.15, 0.2) is 17.5 Å². The van der Waals surface area contributed by atoms with Crippen molar-refractivity contribution in [1.82, 2.24) is 10.2 Å². The number of thiophene rings is 1. The first-order valence-corrected chi connectivity index (χ1v) is 6.95. The van der Waals surface area contributed by atoms with Crippen molar-refractivity contribution in [2.75, 3.05) is 5.32 Å². The van der Waals surface area contributed by atoms with Gasteiger partial charge in [-0.15, -0.1) is 11.3 Å². The second-order valence-electron chi connectivity index (χ2n) is 4.78. The van der Waals surface area contributed by atoms with E-state index >= 15 is 0 Å². The van der Waals surface area contributed by atoms with Crippen LogP contribution in [0.1, 0.15) is 35.1 Å². The van der Waals surface area contributed by atoms with Crippen molar-refractivity contribution in [3.63, 3.8) is 0 Å². The Kier molecular flexibility index (Phi) is 2.67. The van der Waals surface area contributed by atoms with Gasteiger partial charge in [-0.25, -0.2) is 0 Å². The SMILES string of the molecule is Cc1n[nH]c(C)c1NC(c1cccs1)C1CC1. The summed E-state index contributed by atoms with van der Waals surface area (Å²) in [6.07, 6.45) is 2.68. The second kappa shape index (κ2) is 4.18. The van der Waals surface area contributed by atoms with Gasteiger partial charge in [0.25, 0.3) is 0 Å². The number of rotatable bonds is 4. The number of hydrogen-bond donors (Lipinski definition) is 2. The predicted octanol–water partition coefficient (Wildman–Crippen LogP) is 3.65. The fraction of sp³-hybridized carbons (Fsp3) is 0.462.